The van der Waals surface area contributed by atoms with Crippen LogP contribution in [0, 0.1) is 6.92 Å². The zero-order chi connectivity index (χ0) is 20.4. The highest BCUT2D eigenvalue weighted by Crippen LogP contribution is 2.27. The Hall–Kier alpha value is -2.12. The maximum absolute atomic E-state index is 12.7. The van der Waals surface area contributed by atoms with Crippen LogP contribution in [0.15, 0.2) is 24.4 Å². The van der Waals surface area contributed by atoms with E-state index in [0.29, 0.717) is 42.6 Å². The first kappa shape index (κ1) is 20.2. The lowest BCUT2D eigenvalue weighted by Gasteiger charge is -2.35. The summed E-state index contributed by atoms with van der Waals surface area (Å²) in [5.41, 5.74) is 0.544. The number of likely N-dealkylation sites (tertiary alicyclic amines) is 1. The second-order valence-corrected chi connectivity index (χ2v) is 9.27. The minimum Gasteiger partial charge on any atom is -0.352 e. The van der Waals surface area contributed by atoms with Crippen LogP contribution in [0.4, 0.5) is 5.82 Å². The second-order valence-electron chi connectivity index (χ2n) is 7.57. The van der Waals surface area contributed by atoms with E-state index < -0.39 is 0 Å². The van der Waals surface area contributed by atoms with Crippen LogP contribution in [-0.2, 0) is 0 Å². The minimum absolute atomic E-state index is 0.00677. The number of aryl methyl sites for hydroxylation is 1. The van der Waals surface area contributed by atoms with Crippen LogP contribution >= 0.6 is 22.9 Å². The smallest absolute Gasteiger partial charge is 0.264 e. The Morgan fingerprint density at radius 2 is 1.66 bits per heavy atom. The highest BCUT2D eigenvalue weighted by atomic mass is 35.5. The number of hydrogen-bond donors (Lipinski definition) is 0. The zero-order valence-corrected chi connectivity index (χ0v) is 18.1. The highest BCUT2D eigenvalue weighted by Gasteiger charge is 2.26. The van der Waals surface area contributed by atoms with Gasteiger partial charge in [0, 0.05) is 50.3 Å². The fraction of sp³-hybridized carbons (Fsp3) is 0.476. The maximum Gasteiger partial charge on any atom is 0.264 e. The van der Waals surface area contributed by atoms with Gasteiger partial charge < -0.3 is 14.7 Å². The molecule has 8 heteroatoms. The number of piperidine rings is 1. The van der Waals surface area contributed by atoms with E-state index in [1.807, 2.05) is 28.9 Å². The molecule has 0 N–H and O–H groups in total. The third-order valence-electron chi connectivity index (χ3n) is 5.53. The van der Waals surface area contributed by atoms with Gasteiger partial charge in [-0.25, -0.2) is 4.98 Å². The van der Waals surface area contributed by atoms with E-state index >= 15 is 0 Å². The number of nitrogens with zero attached hydrogens (tertiary/aromatic N) is 4. The zero-order valence-electron chi connectivity index (χ0n) is 16.6. The van der Waals surface area contributed by atoms with E-state index in [9.17, 15) is 9.59 Å². The van der Waals surface area contributed by atoms with Crippen LogP contribution < -0.4 is 4.90 Å². The molecular weight excluding hydrogens is 408 g/mol. The summed E-state index contributed by atoms with van der Waals surface area (Å²) < 4.78 is 0. The quantitative estimate of drug-likeness (QED) is 0.742. The molecule has 154 valence electrons. The molecule has 2 saturated heterocycles. The molecular formula is C21H25ClN4O2S. The second kappa shape index (κ2) is 8.71. The van der Waals surface area contributed by atoms with Crippen LogP contribution in [0.25, 0.3) is 0 Å². The molecule has 29 heavy (non-hydrogen) atoms. The molecule has 0 spiro atoms. The molecule has 6 nitrogen and oxygen atoms in total. The summed E-state index contributed by atoms with van der Waals surface area (Å²) in [4.78, 5) is 37.6. The summed E-state index contributed by atoms with van der Waals surface area (Å²) >= 11 is 8.02. The number of halogens is 1. The normalized spacial score (nSPS) is 17.5. The number of anilines is 1. The van der Waals surface area contributed by atoms with Crippen molar-refractivity contribution < 1.29 is 9.59 Å². The van der Waals surface area contributed by atoms with Gasteiger partial charge in [0.2, 0.25) is 0 Å². The van der Waals surface area contributed by atoms with Gasteiger partial charge in [-0.2, -0.15) is 0 Å². The van der Waals surface area contributed by atoms with Crippen molar-refractivity contribution in [3.63, 3.8) is 0 Å². The lowest BCUT2D eigenvalue weighted by Crippen LogP contribution is -2.49. The van der Waals surface area contributed by atoms with Crippen LogP contribution in [-0.4, -0.2) is 65.9 Å². The van der Waals surface area contributed by atoms with Crippen molar-refractivity contribution in [2.45, 2.75) is 26.2 Å². The number of carbonyl (C=O) groups excluding carboxylic acids is 2. The molecule has 0 aliphatic carbocycles. The van der Waals surface area contributed by atoms with E-state index in [1.165, 1.54) is 17.8 Å². The van der Waals surface area contributed by atoms with Gasteiger partial charge in [0.25, 0.3) is 11.8 Å². The van der Waals surface area contributed by atoms with Crippen LogP contribution in [0.5, 0.6) is 0 Å². The average molecular weight is 433 g/mol. The number of hydrogen-bond acceptors (Lipinski definition) is 5. The average Bonchev–Trinajstić information content (AvgIpc) is 3.20. The van der Waals surface area contributed by atoms with Crippen molar-refractivity contribution in [3.05, 3.63) is 44.7 Å². The van der Waals surface area contributed by atoms with E-state index in [2.05, 4.69) is 9.88 Å². The van der Waals surface area contributed by atoms with Crippen molar-refractivity contribution in [2.24, 2.45) is 0 Å². The molecule has 2 aliphatic heterocycles. The Labute approximate surface area is 180 Å². The number of aromatic nitrogens is 1. The standard InChI is InChI=1S/C21H25ClN4O2S/c1-15-5-6-18(29-15)21(28)26-11-9-24(10-12-26)19-17(22)13-16(14-23-19)20(27)25-7-3-2-4-8-25/h5-6,13-14H,2-4,7-12H2,1H3. The van der Waals surface area contributed by atoms with Gasteiger partial charge >= 0.3 is 0 Å². The first-order valence-corrected chi connectivity index (χ1v) is 11.3. The van der Waals surface area contributed by atoms with Crippen molar-refractivity contribution in [1.29, 1.82) is 0 Å². The summed E-state index contributed by atoms with van der Waals surface area (Å²) in [7, 11) is 0. The Morgan fingerprint density at radius 1 is 0.966 bits per heavy atom. The number of amides is 2. The first-order chi connectivity index (χ1) is 14.0. The molecule has 0 unspecified atom stereocenters. The molecule has 0 aromatic carbocycles. The number of rotatable bonds is 3. The van der Waals surface area contributed by atoms with Crippen LogP contribution in [0.3, 0.4) is 0 Å². The van der Waals surface area contributed by atoms with Crippen molar-refractivity contribution in [3.8, 4) is 0 Å². The summed E-state index contributed by atoms with van der Waals surface area (Å²) in [6, 6.07) is 5.60. The van der Waals surface area contributed by atoms with Gasteiger partial charge in [0.15, 0.2) is 0 Å². The predicted octanol–water partition coefficient (Wildman–Crippen LogP) is 3.69. The van der Waals surface area contributed by atoms with Gasteiger partial charge in [-0.15, -0.1) is 11.3 Å². The monoisotopic (exact) mass is 432 g/mol. The van der Waals surface area contributed by atoms with Gasteiger partial charge in [0.05, 0.1) is 15.5 Å². The first-order valence-electron chi connectivity index (χ1n) is 10.1. The number of pyridine rings is 1. The third kappa shape index (κ3) is 4.41. The molecule has 0 atom stereocenters. The molecule has 4 heterocycles. The fourth-order valence-corrected chi connectivity index (χ4v) is 5.01. The lowest BCUT2D eigenvalue weighted by atomic mass is 10.1. The fourth-order valence-electron chi connectivity index (χ4n) is 3.89. The third-order valence-corrected chi connectivity index (χ3v) is 6.80. The van der Waals surface area contributed by atoms with E-state index in [-0.39, 0.29) is 11.8 Å². The molecule has 2 fully saturated rings. The largest absolute Gasteiger partial charge is 0.352 e. The summed E-state index contributed by atoms with van der Waals surface area (Å²) in [5.74, 6) is 0.775. The Balaban J connectivity index is 1.39. The molecule has 2 aromatic rings. The van der Waals surface area contributed by atoms with Crippen LogP contribution in [0.1, 0.15) is 44.2 Å². The van der Waals surface area contributed by atoms with Crippen molar-refractivity contribution >= 4 is 40.6 Å². The molecule has 2 amide bonds. The van der Waals surface area contributed by atoms with Crippen molar-refractivity contribution in [1.82, 2.24) is 14.8 Å². The Kier molecular flexibility index (Phi) is 6.06. The van der Waals surface area contributed by atoms with E-state index in [4.69, 9.17) is 11.6 Å². The molecule has 0 saturated carbocycles. The molecule has 2 aliphatic rings. The van der Waals surface area contributed by atoms with Gasteiger partial charge in [-0.05, 0) is 44.4 Å². The number of thiophene rings is 1. The van der Waals surface area contributed by atoms with Gasteiger partial charge in [-0.1, -0.05) is 11.6 Å². The van der Waals surface area contributed by atoms with Crippen molar-refractivity contribution in [2.75, 3.05) is 44.2 Å². The van der Waals surface area contributed by atoms with Crippen LogP contribution in [0.2, 0.25) is 5.02 Å². The molecule has 2 aromatic heterocycles. The predicted molar refractivity (Wildman–Crippen MR) is 116 cm³/mol. The Bertz CT molecular complexity index is 902. The minimum atomic E-state index is 0.00677. The SMILES string of the molecule is Cc1ccc(C(=O)N2CCN(c3ncc(C(=O)N4CCCCC4)cc3Cl)CC2)s1. The summed E-state index contributed by atoms with van der Waals surface area (Å²) in [6.45, 7) is 6.21. The Morgan fingerprint density at radius 3 is 2.28 bits per heavy atom. The molecule has 0 bridgehead atoms. The lowest BCUT2D eigenvalue weighted by molar-refractivity contribution is 0.0721. The summed E-state index contributed by atoms with van der Waals surface area (Å²) in [6.07, 6.45) is 4.92. The van der Waals surface area contributed by atoms with Gasteiger partial charge in [0.1, 0.15) is 5.82 Å². The highest BCUT2D eigenvalue weighted by molar-refractivity contribution is 7.13. The topological polar surface area (TPSA) is 56.8 Å². The number of carbonyl (C=O) groups is 2. The molecule has 4 rings (SSSR count). The maximum atomic E-state index is 12.7. The summed E-state index contributed by atoms with van der Waals surface area (Å²) in [5, 5.41) is 0.488. The van der Waals surface area contributed by atoms with E-state index in [0.717, 1.165) is 35.7 Å². The van der Waals surface area contributed by atoms with Gasteiger partial charge in [-0.3, -0.25) is 9.59 Å². The molecule has 0 radical (unpaired) electrons. The van der Waals surface area contributed by atoms with E-state index in [1.54, 1.807) is 12.3 Å². The number of piperazine rings is 1.